The van der Waals surface area contributed by atoms with E-state index in [2.05, 4.69) is 4.90 Å². The fraction of sp³-hybridized carbons (Fsp3) is 1.00. The van der Waals surface area contributed by atoms with Crippen LogP contribution in [0.2, 0.25) is 0 Å². The molecule has 1 aliphatic heterocycles. The third kappa shape index (κ3) is 2.03. The zero-order chi connectivity index (χ0) is 9.26. The highest BCUT2D eigenvalue weighted by atomic mass is 16.3. The van der Waals surface area contributed by atoms with Gasteiger partial charge in [0.2, 0.25) is 0 Å². The highest BCUT2D eigenvalue weighted by Gasteiger charge is 2.31. The molecule has 0 bridgehead atoms. The summed E-state index contributed by atoms with van der Waals surface area (Å²) in [6.45, 7) is 1.98. The molecule has 1 saturated carbocycles. The molecule has 2 rings (SSSR count). The zero-order valence-corrected chi connectivity index (χ0v) is 8.15. The van der Waals surface area contributed by atoms with Crippen LogP contribution < -0.4 is 5.73 Å². The zero-order valence-electron chi connectivity index (χ0n) is 8.15. The number of nitrogens with two attached hydrogens (primary N) is 1. The number of piperidine rings is 1. The molecule has 0 aromatic carbocycles. The van der Waals surface area contributed by atoms with Gasteiger partial charge >= 0.3 is 0 Å². The molecule has 3 atom stereocenters. The van der Waals surface area contributed by atoms with Crippen molar-refractivity contribution in [2.75, 3.05) is 13.1 Å². The Kier molecular flexibility index (Phi) is 2.86. The van der Waals surface area contributed by atoms with Gasteiger partial charge < -0.3 is 10.8 Å². The highest BCUT2D eigenvalue weighted by Crippen LogP contribution is 2.25. The largest absolute Gasteiger partial charge is 0.392 e. The lowest BCUT2D eigenvalue weighted by atomic mass is 10.0. The first-order valence-electron chi connectivity index (χ1n) is 5.45. The third-order valence-electron chi connectivity index (χ3n) is 3.43. The molecule has 0 aromatic heterocycles. The Hall–Kier alpha value is -0.120. The van der Waals surface area contributed by atoms with E-state index in [1.165, 1.54) is 12.8 Å². The molecule has 13 heavy (non-hydrogen) atoms. The molecule has 3 N–H and O–H groups in total. The normalized spacial score (nSPS) is 42.5. The van der Waals surface area contributed by atoms with Gasteiger partial charge in [-0.2, -0.15) is 0 Å². The molecule has 3 nitrogen and oxygen atoms in total. The minimum atomic E-state index is -0.110. The van der Waals surface area contributed by atoms with Crippen molar-refractivity contribution in [1.29, 1.82) is 0 Å². The maximum atomic E-state index is 9.54. The summed E-state index contributed by atoms with van der Waals surface area (Å²) in [4.78, 5) is 2.39. The molecule has 3 heteroatoms. The Morgan fingerprint density at radius 1 is 1.15 bits per heavy atom. The second kappa shape index (κ2) is 3.95. The van der Waals surface area contributed by atoms with E-state index in [-0.39, 0.29) is 6.10 Å². The van der Waals surface area contributed by atoms with Gasteiger partial charge in [0.1, 0.15) is 0 Å². The third-order valence-corrected chi connectivity index (χ3v) is 3.43. The van der Waals surface area contributed by atoms with E-state index in [0.717, 1.165) is 32.4 Å². The van der Waals surface area contributed by atoms with Gasteiger partial charge in [0.15, 0.2) is 0 Å². The van der Waals surface area contributed by atoms with Crippen LogP contribution in [0.25, 0.3) is 0 Å². The van der Waals surface area contributed by atoms with Crippen LogP contribution >= 0.6 is 0 Å². The molecule has 0 amide bonds. The molecule has 1 saturated heterocycles. The van der Waals surface area contributed by atoms with E-state index in [4.69, 9.17) is 5.73 Å². The topological polar surface area (TPSA) is 49.5 Å². The van der Waals surface area contributed by atoms with E-state index in [1.54, 1.807) is 0 Å². The van der Waals surface area contributed by atoms with Crippen LogP contribution in [0, 0.1) is 0 Å². The number of β-amino-alcohol motifs (C(OH)–C–C–N with tert-alkyl or cyclic N) is 1. The van der Waals surface area contributed by atoms with Crippen molar-refractivity contribution in [2.24, 2.45) is 5.73 Å². The van der Waals surface area contributed by atoms with Crippen molar-refractivity contribution < 1.29 is 5.11 Å². The number of hydrogen-bond acceptors (Lipinski definition) is 3. The highest BCUT2D eigenvalue weighted by molar-refractivity contribution is 4.90. The lowest BCUT2D eigenvalue weighted by Gasteiger charge is -2.36. The minimum Gasteiger partial charge on any atom is -0.392 e. The number of hydrogen-bond donors (Lipinski definition) is 2. The van der Waals surface area contributed by atoms with E-state index in [9.17, 15) is 5.11 Å². The van der Waals surface area contributed by atoms with E-state index in [0.29, 0.717) is 12.1 Å². The first-order valence-corrected chi connectivity index (χ1v) is 5.45. The van der Waals surface area contributed by atoms with Gasteiger partial charge in [0.25, 0.3) is 0 Å². The van der Waals surface area contributed by atoms with Crippen molar-refractivity contribution in [3.8, 4) is 0 Å². The average Bonchev–Trinajstić information content (AvgIpc) is 2.51. The quantitative estimate of drug-likeness (QED) is 0.617. The molecule has 0 radical (unpaired) electrons. The summed E-state index contributed by atoms with van der Waals surface area (Å²) in [5, 5.41) is 9.54. The average molecular weight is 184 g/mol. The van der Waals surface area contributed by atoms with Gasteiger partial charge in [-0.1, -0.05) is 6.42 Å². The number of aliphatic hydroxyl groups excluding tert-OH is 1. The Morgan fingerprint density at radius 2 is 2.00 bits per heavy atom. The summed E-state index contributed by atoms with van der Waals surface area (Å²) in [7, 11) is 0. The summed E-state index contributed by atoms with van der Waals surface area (Å²) in [6.07, 6.45) is 5.65. The molecule has 2 aliphatic rings. The van der Waals surface area contributed by atoms with Crippen molar-refractivity contribution in [3.05, 3.63) is 0 Å². The number of likely N-dealkylation sites (tertiary alicyclic amines) is 1. The Morgan fingerprint density at radius 3 is 2.62 bits per heavy atom. The SMILES string of the molecule is NC1CCCC1N1CCCC(O)C1. The monoisotopic (exact) mass is 184 g/mol. The van der Waals surface area contributed by atoms with Crippen molar-refractivity contribution >= 4 is 0 Å². The molecular formula is C10H20N2O. The predicted molar refractivity (Wildman–Crippen MR) is 52.4 cm³/mol. The van der Waals surface area contributed by atoms with Crippen LogP contribution in [0.4, 0.5) is 0 Å². The van der Waals surface area contributed by atoms with Crippen LogP contribution in [-0.4, -0.2) is 41.3 Å². The van der Waals surface area contributed by atoms with E-state index < -0.39 is 0 Å². The summed E-state index contributed by atoms with van der Waals surface area (Å²) in [5.74, 6) is 0. The Labute approximate surface area is 79.9 Å². The van der Waals surface area contributed by atoms with Gasteiger partial charge in [-0.3, -0.25) is 4.90 Å². The fourth-order valence-electron chi connectivity index (χ4n) is 2.71. The maximum Gasteiger partial charge on any atom is 0.0667 e. The summed E-state index contributed by atoms with van der Waals surface area (Å²) in [5.41, 5.74) is 6.03. The predicted octanol–water partition coefficient (Wildman–Crippen LogP) is 0.323. The van der Waals surface area contributed by atoms with Crippen LogP contribution in [-0.2, 0) is 0 Å². The second-order valence-corrected chi connectivity index (χ2v) is 4.45. The van der Waals surface area contributed by atoms with Gasteiger partial charge in [-0.25, -0.2) is 0 Å². The van der Waals surface area contributed by atoms with Gasteiger partial charge in [0, 0.05) is 18.6 Å². The fourth-order valence-corrected chi connectivity index (χ4v) is 2.71. The van der Waals surface area contributed by atoms with Crippen LogP contribution in [0.3, 0.4) is 0 Å². The van der Waals surface area contributed by atoms with Crippen molar-refractivity contribution in [3.63, 3.8) is 0 Å². The van der Waals surface area contributed by atoms with Gasteiger partial charge in [-0.05, 0) is 32.2 Å². The molecule has 0 aromatic rings. The maximum absolute atomic E-state index is 9.54. The smallest absolute Gasteiger partial charge is 0.0667 e. The van der Waals surface area contributed by atoms with Crippen molar-refractivity contribution in [2.45, 2.75) is 50.3 Å². The van der Waals surface area contributed by atoms with E-state index in [1.807, 2.05) is 0 Å². The van der Waals surface area contributed by atoms with Crippen LogP contribution in [0.15, 0.2) is 0 Å². The Bertz CT molecular complexity index is 174. The molecule has 76 valence electrons. The minimum absolute atomic E-state index is 0.110. The van der Waals surface area contributed by atoms with Gasteiger partial charge in [-0.15, -0.1) is 0 Å². The number of aliphatic hydroxyl groups is 1. The standard InChI is InChI=1S/C10H20N2O/c11-9-4-1-5-10(9)12-6-2-3-8(13)7-12/h8-10,13H,1-7,11H2. The Balaban J connectivity index is 1.91. The molecule has 1 aliphatic carbocycles. The van der Waals surface area contributed by atoms with Gasteiger partial charge in [0.05, 0.1) is 6.10 Å². The second-order valence-electron chi connectivity index (χ2n) is 4.45. The van der Waals surface area contributed by atoms with E-state index >= 15 is 0 Å². The lowest BCUT2D eigenvalue weighted by Crippen LogP contribution is -2.50. The molecule has 0 spiro atoms. The summed E-state index contributed by atoms with van der Waals surface area (Å²) >= 11 is 0. The van der Waals surface area contributed by atoms with Crippen molar-refractivity contribution in [1.82, 2.24) is 4.90 Å². The molecular weight excluding hydrogens is 164 g/mol. The molecule has 1 heterocycles. The number of nitrogens with zero attached hydrogens (tertiary/aromatic N) is 1. The lowest BCUT2D eigenvalue weighted by molar-refractivity contribution is 0.0442. The first kappa shape index (κ1) is 9.44. The summed E-state index contributed by atoms with van der Waals surface area (Å²) < 4.78 is 0. The summed E-state index contributed by atoms with van der Waals surface area (Å²) in [6, 6.07) is 0.903. The molecule has 3 unspecified atom stereocenters. The number of rotatable bonds is 1. The first-order chi connectivity index (χ1) is 6.27. The van der Waals surface area contributed by atoms with Crippen LogP contribution in [0.5, 0.6) is 0 Å². The van der Waals surface area contributed by atoms with Crippen LogP contribution in [0.1, 0.15) is 32.1 Å². The molecule has 2 fully saturated rings.